The van der Waals surface area contributed by atoms with Gasteiger partial charge in [-0.1, -0.05) is 6.92 Å². The second-order valence-corrected chi connectivity index (χ2v) is 3.91. The van der Waals surface area contributed by atoms with Gasteiger partial charge in [0.25, 0.3) is 0 Å². The molecule has 1 aliphatic rings. The Morgan fingerprint density at radius 2 is 2.21 bits per heavy atom. The summed E-state index contributed by atoms with van der Waals surface area (Å²) in [5.41, 5.74) is 5.20. The van der Waals surface area contributed by atoms with Gasteiger partial charge in [0.05, 0.1) is 12.5 Å². The SMILES string of the molecule is CCCC(=O)CN1CCC(C(N)=O)C1. The average Bonchev–Trinajstić information content (AvgIpc) is 2.53. The van der Waals surface area contributed by atoms with Crippen LogP contribution in [0.2, 0.25) is 0 Å². The van der Waals surface area contributed by atoms with Crippen molar-refractivity contribution in [2.24, 2.45) is 11.7 Å². The number of rotatable bonds is 5. The molecule has 1 fully saturated rings. The van der Waals surface area contributed by atoms with E-state index < -0.39 is 0 Å². The molecule has 4 nitrogen and oxygen atoms in total. The molecule has 0 aromatic rings. The van der Waals surface area contributed by atoms with Gasteiger partial charge < -0.3 is 5.73 Å². The number of hydrogen-bond donors (Lipinski definition) is 1. The first kappa shape index (κ1) is 11.2. The van der Waals surface area contributed by atoms with Crippen molar-refractivity contribution >= 4 is 11.7 Å². The number of Topliss-reactive ketones (excluding diaryl/α,β-unsaturated/α-hetero) is 1. The monoisotopic (exact) mass is 198 g/mol. The summed E-state index contributed by atoms with van der Waals surface area (Å²) in [6, 6.07) is 0. The Balaban J connectivity index is 2.28. The van der Waals surface area contributed by atoms with Crippen molar-refractivity contribution in [1.29, 1.82) is 0 Å². The van der Waals surface area contributed by atoms with Crippen LogP contribution in [-0.2, 0) is 9.59 Å². The molecule has 0 saturated carbocycles. The molecule has 80 valence electrons. The fourth-order valence-corrected chi connectivity index (χ4v) is 1.82. The Kier molecular flexibility index (Phi) is 4.07. The summed E-state index contributed by atoms with van der Waals surface area (Å²) in [5, 5.41) is 0. The molecule has 1 atom stereocenters. The minimum Gasteiger partial charge on any atom is -0.369 e. The zero-order chi connectivity index (χ0) is 10.6. The number of carbonyl (C=O) groups is 2. The molecule has 1 saturated heterocycles. The highest BCUT2D eigenvalue weighted by Gasteiger charge is 2.27. The molecule has 0 bridgehead atoms. The summed E-state index contributed by atoms with van der Waals surface area (Å²) in [4.78, 5) is 24.2. The van der Waals surface area contributed by atoms with E-state index in [2.05, 4.69) is 0 Å². The average molecular weight is 198 g/mol. The topological polar surface area (TPSA) is 63.4 Å². The Morgan fingerprint density at radius 1 is 1.50 bits per heavy atom. The van der Waals surface area contributed by atoms with E-state index in [1.54, 1.807) is 0 Å². The van der Waals surface area contributed by atoms with Crippen LogP contribution in [0.3, 0.4) is 0 Å². The normalized spacial score (nSPS) is 22.5. The van der Waals surface area contributed by atoms with Crippen molar-refractivity contribution in [2.75, 3.05) is 19.6 Å². The highest BCUT2D eigenvalue weighted by Crippen LogP contribution is 2.15. The number of ketones is 1. The second kappa shape index (κ2) is 5.10. The molecule has 0 spiro atoms. The molecule has 1 rings (SSSR count). The van der Waals surface area contributed by atoms with E-state index in [4.69, 9.17) is 5.73 Å². The molecule has 1 amide bonds. The van der Waals surface area contributed by atoms with Gasteiger partial charge in [0.1, 0.15) is 5.78 Å². The van der Waals surface area contributed by atoms with Crippen LogP contribution < -0.4 is 5.73 Å². The maximum atomic E-state index is 11.3. The molecule has 0 aliphatic carbocycles. The van der Waals surface area contributed by atoms with E-state index in [0.29, 0.717) is 19.5 Å². The van der Waals surface area contributed by atoms with Crippen molar-refractivity contribution in [1.82, 2.24) is 4.90 Å². The summed E-state index contributed by atoms with van der Waals surface area (Å²) in [5.74, 6) is -0.0301. The molecule has 0 radical (unpaired) electrons. The summed E-state index contributed by atoms with van der Waals surface area (Å²) in [6.07, 6.45) is 2.33. The van der Waals surface area contributed by atoms with Crippen LogP contribution in [0.25, 0.3) is 0 Å². The lowest BCUT2D eigenvalue weighted by Gasteiger charge is -2.13. The molecule has 0 aromatic heterocycles. The smallest absolute Gasteiger partial charge is 0.221 e. The van der Waals surface area contributed by atoms with E-state index >= 15 is 0 Å². The van der Waals surface area contributed by atoms with Crippen molar-refractivity contribution in [2.45, 2.75) is 26.2 Å². The van der Waals surface area contributed by atoms with E-state index in [-0.39, 0.29) is 17.6 Å². The zero-order valence-electron chi connectivity index (χ0n) is 8.66. The quantitative estimate of drug-likeness (QED) is 0.684. The van der Waals surface area contributed by atoms with Gasteiger partial charge >= 0.3 is 0 Å². The Morgan fingerprint density at radius 3 is 2.71 bits per heavy atom. The Hall–Kier alpha value is -0.900. The van der Waals surface area contributed by atoms with Gasteiger partial charge in [-0.3, -0.25) is 14.5 Å². The standard InChI is InChI=1S/C10H18N2O2/c1-2-3-9(13)7-12-5-4-8(6-12)10(11)14/h8H,2-7H2,1H3,(H2,11,14). The third-order valence-electron chi connectivity index (χ3n) is 2.60. The third-order valence-corrected chi connectivity index (χ3v) is 2.60. The molecular weight excluding hydrogens is 180 g/mol. The van der Waals surface area contributed by atoms with E-state index in [0.717, 1.165) is 19.4 Å². The number of carbonyl (C=O) groups excluding carboxylic acids is 2. The van der Waals surface area contributed by atoms with Crippen LogP contribution in [-0.4, -0.2) is 36.2 Å². The predicted octanol–water partition coefficient (Wildman–Crippen LogP) is 0.163. The van der Waals surface area contributed by atoms with Crippen LogP contribution >= 0.6 is 0 Å². The number of nitrogens with zero attached hydrogens (tertiary/aromatic N) is 1. The van der Waals surface area contributed by atoms with E-state index in [9.17, 15) is 9.59 Å². The van der Waals surface area contributed by atoms with Crippen molar-refractivity contribution < 1.29 is 9.59 Å². The predicted molar refractivity (Wildman–Crippen MR) is 53.7 cm³/mol. The van der Waals surface area contributed by atoms with Crippen molar-refractivity contribution in [3.63, 3.8) is 0 Å². The number of nitrogens with two attached hydrogens (primary N) is 1. The highest BCUT2D eigenvalue weighted by molar-refractivity contribution is 5.81. The van der Waals surface area contributed by atoms with Gasteiger partial charge in [-0.25, -0.2) is 0 Å². The third kappa shape index (κ3) is 3.10. The largest absolute Gasteiger partial charge is 0.369 e. The summed E-state index contributed by atoms with van der Waals surface area (Å²) < 4.78 is 0. The summed E-state index contributed by atoms with van der Waals surface area (Å²) in [7, 11) is 0. The summed E-state index contributed by atoms with van der Waals surface area (Å²) in [6.45, 7) is 3.96. The molecule has 14 heavy (non-hydrogen) atoms. The molecular formula is C10H18N2O2. The molecule has 1 heterocycles. The van der Waals surface area contributed by atoms with Gasteiger partial charge in [0, 0.05) is 13.0 Å². The minimum atomic E-state index is -0.240. The van der Waals surface area contributed by atoms with Gasteiger partial charge in [-0.15, -0.1) is 0 Å². The van der Waals surface area contributed by atoms with Crippen LogP contribution in [0.15, 0.2) is 0 Å². The zero-order valence-corrected chi connectivity index (χ0v) is 8.66. The van der Waals surface area contributed by atoms with Crippen LogP contribution in [0.4, 0.5) is 0 Å². The lowest BCUT2D eigenvalue weighted by atomic mass is 10.1. The fourth-order valence-electron chi connectivity index (χ4n) is 1.82. The highest BCUT2D eigenvalue weighted by atomic mass is 16.1. The first-order valence-corrected chi connectivity index (χ1v) is 5.16. The molecule has 4 heteroatoms. The van der Waals surface area contributed by atoms with Crippen molar-refractivity contribution in [3.05, 3.63) is 0 Å². The number of likely N-dealkylation sites (tertiary alicyclic amines) is 1. The maximum absolute atomic E-state index is 11.3. The van der Waals surface area contributed by atoms with Gasteiger partial charge in [-0.05, 0) is 19.4 Å². The fraction of sp³-hybridized carbons (Fsp3) is 0.800. The minimum absolute atomic E-state index is 0.0515. The molecule has 1 aliphatic heterocycles. The number of primary amides is 1. The lowest BCUT2D eigenvalue weighted by molar-refractivity contribution is -0.122. The van der Waals surface area contributed by atoms with Crippen LogP contribution in [0.1, 0.15) is 26.2 Å². The molecule has 0 aromatic carbocycles. The van der Waals surface area contributed by atoms with E-state index in [1.807, 2.05) is 11.8 Å². The summed E-state index contributed by atoms with van der Waals surface area (Å²) >= 11 is 0. The van der Waals surface area contributed by atoms with Gasteiger partial charge in [-0.2, -0.15) is 0 Å². The number of amides is 1. The van der Waals surface area contributed by atoms with Gasteiger partial charge in [0.2, 0.25) is 5.91 Å². The van der Waals surface area contributed by atoms with Crippen molar-refractivity contribution in [3.8, 4) is 0 Å². The van der Waals surface area contributed by atoms with Gasteiger partial charge in [0.15, 0.2) is 0 Å². The Bertz CT molecular complexity index is 228. The first-order valence-electron chi connectivity index (χ1n) is 5.16. The Labute approximate surface area is 84.4 Å². The first-order chi connectivity index (χ1) is 6.63. The molecule has 2 N–H and O–H groups in total. The van der Waals surface area contributed by atoms with Crippen LogP contribution in [0, 0.1) is 5.92 Å². The number of hydrogen-bond acceptors (Lipinski definition) is 3. The maximum Gasteiger partial charge on any atom is 0.221 e. The van der Waals surface area contributed by atoms with E-state index in [1.165, 1.54) is 0 Å². The second-order valence-electron chi connectivity index (χ2n) is 3.91. The van der Waals surface area contributed by atoms with Crippen LogP contribution in [0.5, 0.6) is 0 Å². The molecule has 1 unspecified atom stereocenters. The lowest BCUT2D eigenvalue weighted by Crippen LogP contribution is -2.30.